The molecule has 1 saturated carbocycles. The van der Waals surface area contributed by atoms with Crippen LogP contribution < -0.4 is 14.8 Å². The van der Waals surface area contributed by atoms with Gasteiger partial charge in [0.1, 0.15) is 0 Å². The second-order valence-electron chi connectivity index (χ2n) is 7.35. The summed E-state index contributed by atoms with van der Waals surface area (Å²) in [6, 6.07) is 11.6. The quantitative estimate of drug-likeness (QED) is 0.541. The molecule has 2 aliphatic rings. The monoisotopic (exact) mass is 409 g/mol. The van der Waals surface area contributed by atoms with E-state index in [4.69, 9.17) is 26.2 Å². The van der Waals surface area contributed by atoms with Gasteiger partial charge in [0.15, 0.2) is 17.2 Å². The summed E-state index contributed by atoms with van der Waals surface area (Å²) in [5, 5.41) is 8.41. The topological polar surface area (TPSA) is 65.4 Å². The number of hydrogen-bond donors (Lipinski definition) is 1. The maximum atomic E-state index is 12.9. The molecule has 0 unspecified atom stereocenters. The lowest BCUT2D eigenvalue weighted by atomic mass is 10.1. The number of halogens is 1. The summed E-state index contributed by atoms with van der Waals surface area (Å²) in [4.78, 5) is 12.9. The van der Waals surface area contributed by atoms with Crippen LogP contribution in [0.4, 0.5) is 0 Å². The van der Waals surface area contributed by atoms with Gasteiger partial charge in [0.05, 0.1) is 25.6 Å². The lowest BCUT2D eigenvalue weighted by Gasteiger charge is -2.12. The van der Waals surface area contributed by atoms with Crippen molar-refractivity contribution < 1.29 is 14.3 Å². The summed E-state index contributed by atoms with van der Waals surface area (Å²) >= 11 is 6.07. The molecule has 29 heavy (non-hydrogen) atoms. The summed E-state index contributed by atoms with van der Waals surface area (Å²) in [5.41, 5.74) is 5.21. The Morgan fingerprint density at radius 3 is 2.48 bits per heavy atom. The summed E-state index contributed by atoms with van der Waals surface area (Å²) in [6.45, 7) is 0. The molecular formula is C22H20ClN3O3. The van der Waals surface area contributed by atoms with E-state index in [1.807, 2.05) is 41.1 Å². The van der Waals surface area contributed by atoms with E-state index < -0.39 is 0 Å². The number of fused-ring (bicyclic) bond motifs is 3. The number of carbonyl (C=O) groups excluding carboxylic acids is 1. The van der Waals surface area contributed by atoms with Gasteiger partial charge in [-0.05, 0) is 54.8 Å². The average Bonchev–Trinajstić information content (AvgIpc) is 3.35. The standard InChI is InChI=1S/C22H20ClN3O3/c1-28-18-10-12-9-17-20(22(27)24-14-5-6-14)25-26(15-7-3-13(23)4-8-15)21(17)16(12)11-19(18)29-2/h3-4,7-8,10-11,14H,5-6,9H2,1-2H3,(H,24,27). The van der Waals surface area contributed by atoms with Crippen molar-refractivity contribution in [3.63, 3.8) is 0 Å². The Balaban J connectivity index is 1.69. The molecule has 1 aromatic heterocycles. The molecule has 2 aliphatic carbocycles. The van der Waals surface area contributed by atoms with Gasteiger partial charge in [-0.15, -0.1) is 0 Å². The van der Waals surface area contributed by atoms with Crippen LogP contribution in [0.15, 0.2) is 36.4 Å². The van der Waals surface area contributed by atoms with Gasteiger partial charge in [-0.2, -0.15) is 5.10 Å². The van der Waals surface area contributed by atoms with E-state index in [-0.39, 0.29) is 11.9 Å². The van der Waals surface area contributed by atoms with Crippen molar-refractivity contribution in [1.29, 1.82) is 0 Å². The predicted octanol–water partition coefficient (Wildman–Crippen LogP) is 4.01. The lowest BCUT2D eigenvalue weighted by Crippen LogP contribution is -2.26. The number of nitrogens with one attached hydrogen (secondary N) is 1. The Labute approximate surface area is 173 Å². The van der Waals surface area contributed by atoms with Crippen LogP contribution in [0, 0.1) is 0 Å². The Kier molecular flexibility index (Phi) is 4.24. The molecule has 0 bridgehead atoms. The van der Waals surface area contributed by atoms with E-state index in [1.165, 1.54) is 0 Å². The fourth-order valence-electron chi connectivity index (χ4n) is 3.81. The Morgan fingerprint density at radius 2 is 1.83 bits per heavy atom. The van der Waals surface area contributed by atoms with Gasteiger partial charge in [0.2, 0.25) is 0 Å². The van der Waals surface area contributed by atoms with Gasteiger partial charge in [-0.1, -0.05) is 11.6 Å². The first-order valence-electron chi connectivity index (χ1n) is 9.53. The minimum atomic E-state index is -0.122. The third-order valence-corrected chi connectivity index (χ3v) is 5.67. The first kappa shape index (κ1) is 18.1. The molecule has 0 spiro atoms. The van der Waals surface area contributed by atoms with E-state index in [9.17, 15) is 4.79 Å². The van der Waals surface area contributed by atoms with Crippen molar-refractivity contribution in [2.75, 3.05) is 14.2 Å². The zero-order valence-electron chi connectivity index (χ0n) is 16.2. The first-order chi connectivity index (χ1) is 14.1. The molecule has 1 amide bonds. The summed E-state index contributed by atoms with van der Waals surface area (Å²) in [5.74, 6) is 1.20. The fraction of sp³-hybridized carbons (Fsp3) is 0.273. The third kappa shape index (κ3) is 3.04. The molecule has 1 fully saturated rings. The van der Waals surface area contributed by atoms with Gasteiger partial charge in [-0.3, -0.25) is 4.79 Å². The minimum Gasteiger partial charge on any atom is -0.493 e. The lowest BCUT2D eigenvalue weighted by molar-refractivity contribution is 0.0945. The number of methoxy groups -OCH3 is 2. The Hall–Kier alpha value is -2.99. The van der Waals surface area contributed by atoms with Crippen LogP contribution in [0.25, 0.3) is 16.9 Å². The molecule has 0 atom stereocenters. The van der Waals surface area contributed by atoms with E-state index >= 15 is 0 Å². The van der Waals surface area contributed by atoms with Crippen LogP contribution in [0.1, 0.15) is 34.5 Å². The van der Waals surface area contributed by atoms with Gasteiger partial charge in [0, 0.05) is 28.6 Å². The van der Waals surface area contributed by atoms with Gasteiger partial charge in [0.25, 0.3) is 5.91 Å². The number of ether oxygens (including phenoxy) is 2. The zero-order valence-corrected chi connectivity index (χ0v) is 16.9. The molecule has 2 aromatic carbocycles. The van der Waals surface area contributed by atoms with Crippen molar-refractivity contribution in [3.8, 4) is 28.4 Å². The van der Waals surface area contributed by atoms with Crippen LogP contribution in [0.5, 0.6) is 11.5 Å². The smallest absolute Gasteiger partial charge is 0.272 e. The number of amides is 1. The van der Waals surface area contributed by atoms with E-state index in [2.05, 4.69) is 5.32 Å². The van der Waals surface area contributed by atoms with Gasteiger partial charge < -0.3 is 14.8 Å². The normalized spacial score (nSPS) is 14.3. The molecule has 0 aliphatic heterocycles. The summed E-state index contributed by atoms with van der Waals surface area (Å²) in [6.07, 6.45) is 2.67. The second kappa shape index (κ2) is 6.81. The van der Waals surface area contributed by atoms with Crippen LogP contribution >= 0.6 is 11.6 Å². The number of nitrogens with zero attached hydrogens (tertiary/aromatic N) is 2. The number of aromatic nitrogens is 2. The molecule has 0 radical (unpaired) electrons. The summed E-state index contributed by atoms with van der Waals surface area (Å²) < 4.78 is 12.8. The molecule has 0 saturated heterocycles. The fourth-order valence-corrected chi connectivity index (χ4v) is 3.93. The van der Waals surface area contributed by atoms with Crippen LogP contribution in [0.2, 0.25) is 5.02 Å². The molecule has 1 N–H and O–H groups in total. The number of rotatable bonds is 5. The van der Waals surface area contributed by atoms with E-state index in [1.54, 1.807) is 14.2 Å². The average molecular weight is 410 g/mol. The van der Waals surface area contributed by atoms with Crippen LogP contribution in [-0.2, 0) is 6.42 Å². The Bertz CT molecular complexity index is 1120. The highest BCUT2D eigenvalue weighted by Gasteiger charge is 2.34. The molecule has 6 nitrogen and oxygen atoms in total. The largest absolute Gasteiger partial charge is 0.493 e. The molecule has 1 heterocycles. The Morgan fingerprint density at radius 1 is 1.14 bits per heavy atom. The number of hydrogen-bond acceptors (Lipinski definition) is 4. The maximum Gasteiger partial charge on any atom is 0.272 e. The maximum absolute atomic E-state index is 12.9. The molecule has 3 aromatic rings. The predicted molar refractivity (Wildman–Crippen MR) is 110 cm³/mol. The second-order valence-corrected chi connectivity index (χ2v) is 7.79. The molecule has 5 rings (SSSR count). The van der Waals surface area contributed by atoms with Crippen LogP contribution in [0.3, 0.4) is 0 Å². The van der Waals surface area contributed by atoms with Gasteiger partial charge in [-0.25, -0.2) is 4.68 Å². The van der Waals surface area contributed by atoms with E-state index in [0.717, 1.165) is 40.9 Å². The SMILES string of the molecule is COc1cc2c(cc1OC)-c1c(c(C(=O)NC3CC3)nn1-c1ccc(Cl)cc1)C2. The zero-order chi connectivity index (χ0) is 20.1. The first-order valence-corrected chi connectivity index (χ1v) is 9.90. The van der Waals surface area contributed by atoms with Crippen molar-refractivity contribution in [2.45, 2.75) is 25.3 Å². The van der Waals surface area contributed by atoms with Crippen molar-refractivity contribution in [1.82, 2.24) is 15.1 Å². The highest BCUT2D eigenvalue weighted by Crippen LogP contribution is 2.44. The van der Waals surface area contributed by atoms with Crippen molar-refractivity contribution in [2.24, 2.45) is 0 Å². The molecular weight excluding hydrogens is 390 g/mol. The minimum absolute atomic E-state index is 0.122. The molecule has 7 heteroatoms. The molecule has 148 valence electrons. The number of carbonyl (C=O) groups is 1. The summed E-state index contributed by atoms with van der Waals surface area (Å²) in [7, 11) is 3.24. The van der Waals surface area contributed by atoms with Crippen molar-refractivity contribution >= 4 is 17.5 Å². The third-order valence-electron chi connectivity index (χ3n) is 5.41. The highest BCUT2D eigenvalue weighted by molar-refractivity contribution is 6.30. The van der Waals surface area contributed by atoms with E-state index in [0.29, 0.717) is 28.6 Å². The number of benzene rings is 2. The highest BCUT2D eigenvalue weighted by atomic mass is 35.5. The van der Waals surface area contributed by atoms with Crippen LogP contribution in [-0.4, -0.2) is 35.9 Å². The van der Waals surface area contributed by atoms with Gasteiger partial charge >= 0.3 is 0 Å². The van der Waals surface area contributed by atoms with Crippen molar-refractivity contribution in [3.05, 3.63) is 58.2 Å².